The molecule has 2 aromatic carbocycles. The highest BCUT2D eigenvalue weighted by Gasteiger charge is 2.04. The Hall–Kier alpha value is -2.20. The molecular weight excluding hydrogens is 276 g/mol. The number of halogens is 1. The first-order chi connectivity index (χ1) is 9.65. The number of carbonyl (C=O) groups excluding carboxylic acids is 1. The molecule has 0 radical (unpaired) electrons. The van der Waals surface area contributed by atoms with Crippen LogP contribution in [0.1, 0.15) is 5.56 Å². The van der Waals surface area contributed by atoms with Gasteiger partial charge in [-0.1, -0.05) is 41.9 Å². The Morgan fingerprint density at radius 2 is 1.95 bits per heavy atom. The fraction of sp³-hybridized carbons (Fsp3) is 0.133. The number of hydrogen-bond acceptors (Lipinski definition) is 3. The normalized spacial score (nSPS) is 10.1. The third-order valence-corrected chi connectivity index (χ3v) is 3.00. The van der Waals surface area contributed by atoms with Gasteiger partial charge in [0.1, 0.15) is 5.75 Å². The van der Waals surface area contributed by atoms with Crippen LogP contribution in [0.25, 0.3) is 0 Å². The summed E-state index contributed by atoms with van der Waals surface area (Å²) in [5.74, 6) is 0.320. The van der Waals surface area contributed by atoms with Crippen LogP contribution in [0.2, 0.25) is 5.02 Å². The summed E-state index contributed by atoms with van der Waals surface area (Å²) in [6.45, 7) is 0.415. The summed E-state index contributed by atoms with van der Waals surface area (Å²) in [6.07, 6.45) is 0. The van der Waals surface area contributed by atoms with E-state index in [9.17, 15) is 4.79 Å². The van der Waals surface area contributed by atoms with Crippen LogP contribution in [-0.4, -0.2) is 12.5 Å². The van der Waals surface area contributed by atoms with E-state index in [0.29, 0.717) is 23.0 Å². The average Bonchev–Trinajstić information content (AvgIpc) is 2.47. The van der Waals surface area contributed by atoms with Crippen LogP contribution in [0.15, 0.2) is 48.5 Å². The number of carbonyl (C=O) groups is 1. The topological polar surface area (TPSA) is 64.3 Å². The molecule has 20 heavy (non-hydrogen) atoms. The first kappa shape index (κ1) is 14.2. The van der Waals surface area contributed by atoms with Crippen molar-refractivity contribution >= 4 is 23.2 Å². The van der Waals surface area contributed by atoms with Gasteiger partial charge in [-0.25, -0.2) is 0 Å². The molecule has 0 unspecified atom stereocenters. The monoisotopic (exact) mass is 290 g/mol. The molecule has 0 aliphatic carbocycles. The molecule has 1 amide bonds. The Labute approximate surface area is 122 Å². The lowest BCUT2D eigenvalue weighted by Crippen LogP contribution is -2.28. The number of nitrogens with one attached hydrogen (secondary N) is 1. The summed E-state index contributed by atoms with van der Waals surface area (Å²) in [7, 11) is 0. The largest absolute Gasteiger partial charge is 0.484 e. The van der Waals surface area contributed by atoms with Crippen molar-refractivity contribution in [1.29, 1.82) is 0 Å². The van der Waals surface area contributed by atoms with E-state index in [2.05, 4.69) is 5.32 Å². The molecule has 0 heterocycles. The summed E-state index contributed by atoms with van der Waals surface area (Å²) < 4.78 is 5.34. The summed E-state index contributed by atoms with van der Waals surface area (Å²) in [5, 5.41) is 3.18. The van der Waals surface area contributed by atoms with Crippen LogP contribution in [0.4, 0.5) is 5.69 Å². The summed E-state index contributed by atoms with van der Waals surface area (Å²) >= 11 is 5.86. The van der Waals surface area contributed by atoms with Crippen molar-refractivity contribution in [2.24, 2.45) is 0 Å². The van der Waals surface area contributed by atoms with Crippen molar-refractivity contribution in [3.8, 4) is 5.75 Å². The smallest absolute Gasteiger partial charge is 0.258 e. The van der Waals surface area contributed by atoms with Gasteiger partial charge in [0.15, 0.2) is 6.61 Å². The minimum Gasteiger partial charge on any atom is -0.484 e. The highest BCUT2D eigenvalue weighted by molar-refractivity contribution is 6.33. The molecule has 2 aromatic rings. The zero-order chi connectivity index (χ0) is 14.4. The van der Waals surface area contributed by atoms with Crippen LogP contribution in [-0.2, 0) is 11.3 Å². The fourth-order valence-corrected chi connectivity index (χ4v) is 1.76. The quantitative estimate of drug-likeness (QED) is 0.832. The van der Waals surface area contributed by atoms with E-state index >= 15 is 0 Å². The van der Waals surface area contributed by atoms with Crippen molar-refractivity contribution in [3.05, 3.63) is 59.1 Å². The molecule has 4 nitrogen and oxygen atoms in total. The summed E-state index contributed by atoms with van der Waals surface area (Å²) in [5.41, 5.74) is 7.11. The lowest BCUT2D eigenvalue weighted by Gasteiger charge is -2.08. The fourth-order valence-electron chi connectivity index (χ4n) is 1.59. The highest BCUT2D eigenvalue weighted by Crippen LogP contribution is 2.23. The number of ether oxygens (including phenoxy) is 1. The number of nitrogens with two attached hydrogens (primary N) is 1. The molecule has 0 saturated carbocycles. The van der Waals surface area contributed by atoms with Crippen molar-refractivity contribution in [1.82, 2.24) is 5.32 Å². The third kappa shape index (κ3) is 4.17. The van der Waals surface area contributed by atoms with Gasteiger partial charge in [-0.05, 0) is 17.7 Å². The first-order valence-corrected chi connectivity index (χ1v) is 6.51. The Kier molecular flexibility index (Phi) is 4.85. The predicted octanol–water partition coefficient (Wildman–Crippen LogP) is 2.62. The van der Waals surface area contributed by atoms with Gasteiger partial charge in [0, 0.05) is 12.6 Å². The predicted molar refractivity (Wildman–Crippen MR) is 79.6 cm³/mol. The second kappa shape index (κ2) is 6.82. The van der Waals surface area contributed by atoms with E-state index in [0.717, 1.165) is 5.56 Å². The Morgan fingerprint density at radius 3 is 2.65 bits per heavy atom. The van der Waals surface area contributed by atoms with E-state index in [4.69, 9.17) is 22.1 Å². The minimum absolute atomic E-state index is 0.0624. The zero-order valence-electron chi connectivity index (χ0n) is 10.8. The molecule has 0 aliphatic heterocycles. The molecule has 0 spiro atoms. The Bertz CT molecular complexity index is 588. The Balaban J connectivity index is 1.79. The molecule has 0 aliphatic rings. The van der Waals surface area contributed by atoms with Gasteiger partial charge in [-0.3, -0.25) is 4.79 Å². The Morgan fingerprint density at radius 1 is 1.20 bits per heavy atom. The van der Waals surface area contributed by atoms with Gasteiger partial charge < -0.3 is 15.8 Å². The van der Waals surface area contributed by atoms with Crippen LogP contribution >= 0.6 is 11.6 Å². The van der Waals surface area contributed by atoms with E-state index in [1.54, 1.807) is 18.2 Å². The molecule has 104 valence electrons. The maximum Gasteiger partial charge on any atom is 0.258 e. The SMILES string of the molecule is Nc1ccc(OCC(=O)NCc2ccccc2)cc1Cl. The van der Waals surface area contributed by atoms with Gasteiger partial charge in [-0.15, -0.1) is 0 Å². The molecule has 0 fully saturated rings. The van der Waals surface area contributed by atoms with Crippen LogP contribution in [0, 0.1) is 0 Å². The van der Waals surface area contributed by atoms with Gasteiger partial charge in [-0.2, -0.15) is 0 Å². The molecular formula is C15H15ClN2O2. The maximum atomic E-state index is 11.6. The van der Waals surface area contributed by atoms with Gasteiger partial charge in [0.2, 0.25) is 0 Å². The second-order valence-electron chi connectivity index (χ2n) is 4.23. The minimum atomic E-state index is -0.193. The molecule has 3 N–H and O–H groups in total. The van der Waals surface area contributed by atoms with E-state index in [-0.39, 0.29) is 12.5 Å². The van der Waals surface area contributed by atoms with Crippen molar-refractivity contribution in [3.63, 3.8) is 0 Å². The first-order valence-electron chi connectivity index (χ1n) is 6.13. The number of nitrogen functional groups attached to an aromatic ring is 1. The van der Waals surface area contributed by atoms with Crippen LogP contribution in [0.3, 0.4) is 0 Å². The van der Waals surface area contributed by atoms with Gasteiger partial charge in [0.05, 0.1) is 10.7 Å². The number of amides is 1. The van der Waals surface area contributed by atoms with Crippen LogP contribution in [0.5, 0.6) is 5.75 Å². The van der Waals surface area contributed by atoms with E-state index in [1.807, 2.05) is 30.3 Å². The van der Waals surface area contributed by atoms with Gasteiger partial charge >= 0.3 is 0 Å². The second-order valence-corrected chi connectivity index (χ2v) is 4.64. The number of rotatable bonds is 5. The molecule has 0 aromatic heterocycles. The summed E-state index contributed by atoms with van der Waals surface area (Å²) in [4.78, 5) is 11.6. The van der Waals surface area contributed by atoms with E-state index < -0.39 is 0 Å². The van der Waals surface area contributed by atoms with Gasteiger partial charge in [0.25, 0.3) is 5.91 Å². The number of hydrogen-bond donors (Lipinski definition) is 2. The standard InChI is InChI=1S/C15H15ClN2O2/c16-13-8-12(6-7-14(13)17)20-10-15(19)18-9-11-4-2-1-3-5-11/h1-8H,9-10,17H2,(H,18,19). The van der Waals surface area contributed by atoms with Crippen molar-refractivity contribution < 1.29 is 9.53 Å². The van der Waals surface area contributed by atoms with Crippen LogP contribution < -0.4 is 15.8 Å². The lowest BCUT2D eigenvalue weighted by molar-refractivity contribution is -0.123. The maximum absolute atomic E-state index is 11.6. The van der Waals surface area contributed by atoms with Crippen molar-refractivity contribution in [2.75, 3.05) is 12.3 Å². The number of anilines is 1. The molecule has 0 saturated heterocycles. The molecule has 5 heteroatoms. The molecule has 0 atom stereocenters. The molecule has 0 bridgehead atoms. The summed E-state index contributed by atoms with van der Waals surface area (Å²) in [6, 6.07) is 14.6. The number of benzene rings is 2. The third-order valence-electron chi connectivity index (χ3n) is 2.67. The molecule has 2 rings (SSSR count). The lowest BCUT2D eigenvalue weighted by atomic mass is 10.2. The average molecular weight is 291 g/mol. The highest BCUT2D eigenvalue weighted by atomic mass is 35.5. The van der Waals surface area contributed by atoms with E-state index in [1.165, 1.54) is 0 Å². The van der Waals surface area contributed by atoms with Crippen molar-refractivity contribution in [2.45, 2.75) is 6.54 Å². The zero-order valence-corrected chi connectivity index (χ0v) is 11.6.